The van der Waals surface area contributed by atoms with E-state index < -0.39 is 0 Å². The molecule has 1 saturated heterocycles. The maximum Gasteiger partial charge on any atom is 0.249 e. The minimum atomic E-state index is -0.0453. The molecule has 0 radical (unpaired) electrons. The first-order valence-corrected chi connectivity index (χ1v) is 8.96. The van der Waals surface area contributed by atoms with Crippen molar-refractivity contribution < 1.29 is 9.32 Å². The molecule has 1 aliphatic carbocycles. The molecule has 0 spiro atoms. The quantitative estimate of drug-likeness (QED) is 0.863. The summed E-state index contributed by atoms with van der Waals surface area (Å²) in [5, 5.41) is 4.00. The first-order chi connectivity index (χ1) is 11.8. The third kappa shape index (κ3) is 2.83. The van der Waals surface area contributed by atoms with E-state index in [1.807, 2.05) is 30.0 Å². The summed E-state index contributed by atoms with van der Waals surface area (Å²) in [5.41, 5.74) is 1.27. The van der Waals surface area contributed by atoms with Gasteiger partial charge < -0.3 is 9.42 Å². The number of rotatable bonds is 4. The zero-order chi connectivity index (χ0) is 16.5. The molecule has 2 heterocycles. The number of nitrogens with zero attached hydrogens (tertiary/aromatic N) is 3. The van der Waals surface area contributed by atoms with Gasteiger partial charge in [-0.2, -0.15) is 4.98 Å². The second-order valence-corrected chi connectivity index (χ2v) is 6.80. The predicted octanol–water partition coefficient (Wildman–Crippen LogP) is 3.49. The third-order valence-corrected chi connectivity index (χ3v) is 5.21. The summed E-state index contributed by atoms with van der Waals surface area (Å²) in [6.45, 7) is 2.80. The van der Waals surface area contributed by atoms with Gasteiger partial charge in [-0.05, 0) is 37.2 Å². The van der Waals surface area contributed by atoms with Gasteiger partial charge in [0.15, 0.2) is 5.82 Å². The number of piperidine rings is 1. The van der Waals surface area contributed by atoms with Gasteiger partial charge >= 0.3 is 0 Å². The Morgan fingerprint density at radius 2 is 2.12 bits per heavy atom. The van der Waals surface area contributed by atoms with E-state index in [4.69, 9.17) is 4.52 Å². The molecular formula is C19H23N3O2. The van der Waals surface area contributed by atoms with Crippen molar-refractivity contribution in [1.29, 1.82) is 0 Å². The molecule has 0 bridgehead atoms. The maximum absolute atomic E-state index is 13.0. The number of carbonyl (C=O) groups is 1. The monoisotopic (exact) mass is 325 g/mol. The summed E-state index contributed by atoms with van der Waals surface area (Å²) in [6, 6.07) is 10.3. The molecule has 126 valence electrons. The lowest BCUT2D eigenvalue weighted by atomic mass is 10.0. The maximum atomic E-state index is 13.0. The van der Waals surface area contributed by atoms with Crippen molar-refractivity contribution in [2.24, 2.45) is 5.92 Å². The average Bonchev–Trinajstić information content (AvgIpc) is 3.31. The Bertz CT molecular complexity index is 712. The number of hydrogen-bond acceptors (Lipinski definition) is 4. The second kappa shape index (κ2) is 6.38. The first-order valence-electron chi connectivity index (χ1n) is 8.96. The Morgan fingerprint density at radius 1 is 1.29 bits per heavy atom. The zero-order valence-electron chi connectivity index (χ0n) is 14.0. The van der Waals surface area contributed by atoms with E-state index in [0.717, 1.165) is 44.5 Å². The normalized spacial score (nSPS) is 26.4. The first kappa shape index (κ1) is 15.4. The van der Waals surface area contributed by atoms with Crippen LogP contribution < -0.4 is 0 Å². The van der Waals surface area contributed by atoms with Crippen molar-refractivity contribution >= 4 is 5.91 Å². The Labute approximate surface area is 142 Å². The number of amides is 1. The van der Waals surface area contributed by atoms with E-state index in [-0.39, 0.29) is 17.9 Å². The number of aromatic nitrogens is 2. The highest BCUT2D eigenvalue weighted by molar-refractivity contribution is 5.83. The zero-order valence-corrected chi connectivity index (χ0v) is 14.0. The van der Waals surface area contributed by atoms with Crippen LogP contribution in [0.4, 0.5) is 0 Å². The molecule has 0 N–H and O–H groups in total. The fourth-order valence-electron chi connectivity index (χ4n) is 3.75. The predicted molar refractivity (Wildman–Crippen MR) is 89.3 cm³/mol. The van der Waals surface area contributed by atoms with Gasteiger partial charge in [0.1, 0.15) is 6.04 Å². The SMILES string of the molecule is CCc1noc([C@@H]2CCCCN2C(=O)[C@@H]2C[C@@H]2c2ccccc2)n1. The van der Waals surface area contributed by atoms with Gasteiger partial charge in [-0.3, -0.25) is 4.79 Å². The minimum Gasteiger partial charge on any atom is -0.337 e. The largest absolute Gasteiger partial charge is 0.337 e. The van der Waals surface area contributed by atoms with Crippen LogP contribution in [0.15, 0.2) is 34.9 Å². The standard InChI is InChI=1S/C19H23N3O2/c1-2-17-20-18(24-21-17)16-10-6-7-11-22(16)19(23)15-12-14(15)13-8-4-3-5-9-13/h3-5,8-9,14-16H,2,6-7,10-12H2,1H3/t14-,15-,16+/m1/s1. The molecule has 4 rings (SSSR count). The smallest absolute Gasteiger partial charge is 0.249 e. The molecule has 3 atom stereocenters. The summed E-state index contributed by atoms with van der Waals surface area (Å²) >= 11 is 0. The lowest BCUT2D eigenvalue weighted by Crippen LogP contribution is -2.39. The van der Waals surface area contributed by atoms with Crippen LogP contribution in [0.3, 0.4) is 0 Å². The summed E-state index contributed by atoms with van der Waals surface area (Å²) < 4.78 is 5.43. The van der Waals surface area contributed by atoms with E-state index >= 15 is 0 Å². The Balaban J connectivity index is 1.50. The summed E-state index contributed by atoms with van der Waals surface area (Å²) in [5.74, 6) is 2.06. The molecule has 0 unspecified atom stereocenters. The van der Waals surface area contributed by atoms with Crippen LogP contribution >= 0.6 is 0 Å². The third-order valence-electron chi connectivity index (χ3n) is 5.21. The lowest BCUT2D eigenvalue weighted by molar-refractivity contribution is -0.137. The van der Waals surface area contributed by atoms with Gasteiger partial charge in [-0.15, -0.1) is 0 Å². The van der Waals surface area contributed by atoms with E-state index in [1.54, 1.807) is 0 Å². The molecule has 5 nitrogen and oxygen atoms in total. The van der Waals surface area contributed by atoms with Crippen LogP contribution in [0.25, 0.3) is 0 Å². The van der Waals surface area contributed by atoms with Gasteiger partial charge in [-0.25, -0.2) is 0 Å². The molecule has 1 aromatic heterocycles. The van der Waals surface area contributed by atoms with Gasteiger partial charge in [-0.1, -0.05) is 42.4 Å². The number of carbonyl (C=O) groups excluding carboxylic acids is 1. The van der Waals surface area contributed by atoms with E-state index in [1.165, 1.54) is 5.56 Å². The number of benzene rings is 1. The number of likely N-dealkylation sites (tertiary alicyclic amines) is 1. The molecule has 2 fully saturated rings. The Hall–Kier alpha value is -2.17. The Morgan fingerprint density at radius 3 is 2.88 bits per heavy atom. The molecule has 1 amide bonds. The van der Waals surface area contributed by atoms with Crippen molar-refractivity contribution in [2.75, 3.05) is 6.54 Å². The van der Waals surface area contributed by atoms with E-state index in [2.05, 4.69) is 22.3 Å². The summed E-state index contributed by atoms with van der Waals surface area (Å²) in [4.78, 5) is 19.5. The lowest BCUT2D eigenvalue weighted by Gasteiger charge is -2.33. The van der Waals surface area contributed by atoms with Crippen molar-refractivity contribution in [1.82, 2.24) is 15.0 Å². The van der Waals surface area contributed by atoms with Crippen molar-refractivity contribution in [3.63, 3.8) is 0 Å². The number of hydrogen-bond donors (Lipinski definition) is 0. The van der Waals surface area contributed by atoms with Crippen LogP contribution in [0.1, 0.15) is 61.8 Å². The molecule has 1 saturated carbocycles. The fourth-order valence-corrected chi connectivity index (χ4v) is 3.75. The molecular weight excluding hydrogens is 302 g/mol. The van der Waals surface area contributed by atoms with Crippen molar-refractivity contribution in [3.8, 4) is 0 Å². The van der Waals surface area contributed by atoms with Gasteiger partial charge in [0.25, 0.3) is 0 Å². The Kier molecular flexibility index (Phi) is 4.08. The minimum absolute atomic E-state index is 0.0453. The molecule has 2 aliphatic rings. The highest BCUT2D eigenvalue weighted by atomic mass is 16.5. The van der Waals surface area contributed by atoms with Crippen LogP contribution in [0.2, 0.25) is 0 Å². The van der Waals surface area contributed by atoms with E-state index in [9.17, 15) is 4.79 Å². The van der Waals surface area contributed by atoms with Crippen molar-refractivity contribution in [3.05, 3.63) is 47.6 Å². The summed E-state index contributed by atoms with van der Waals surface area (Å²) in [6.07, 6.45) is 4.78. The van der Waals surface area contributed by atoms with Gasteiger partial charge in [0, 0.05) is 18.9 Å². The molecule has 5 heteroatoms. The topological polar surface area (TPSA) is 59.2 Å². The highest BCUT2D eigenvalue weighted by Crippen LogP contribution is 2.49. The molecule has 1 aromatic carbocycles. The molecule has 1 aliphatic heterocycles. The van der Waals surface area contributed by atoms with Gasteiger partial charge in [0.2, 0.25) is 11.8 Å². The van der Waals surface area contributed by atoms with Crippen LogP contribution in [0, 0.1) is 5.92 Å². The van der Waals surface area contributed by atoms with E-state index in [0.29, 0.717) is 11.8 Å². The van der Waals surface area contributed by atoms with Crippen LogP contribution in [0.5, 0.6) is 0 Å². The average molecular weight is 325 g/mol. The van der Waals surface area contributed by atoms with Crippen molar-refractivity contribution in [2.45, 2.75) is 51.0 Å². The number of aryl methyl sites for hydroxylation is 1. The molecule has 24 heavy (non-hydrogen) atoms. The fraction of sp³-hybridized carbons (Fsp3) is 0.526. The van der Waals surface area contributed by atoms with Crippen LogP contribution in [-0.4, -0.2) is 27.5 Å². The van der Waals surface area contributed by atoms with Crippen LogP contribution in [-0.2, 0) is 11.2 Å². The highest BCUT2D eigenvalue weighted by Gasteiger charge is 2.47. The molecule has 2 aromatic rings. The van der Waals surface area contributed by atoms with Gasteiger partial charge in [0.05, 0.1) is 0 Å². The second-order valence-electron chi connectivity index (χ2n) is 6.80. The summed E-state index contributed by atoms with van der Waals surface area (Å²) in [7, 11) is 0.